The van der Waals surface area contributed by atoms with Crippen LogP contribution in [0.4, 0.5) is 0 Å². The summed E-state index contributed by atoms with van der Waals surface area (Å²) in [7, 11) is 3.52. The SMILES string of the molecule is CNC(C)CNC(=O)c1ccc(COC)cc1. The quantitative estimate of drug-likeness (QED) is 0.779. The van der Waals surface area contributed by atoms with Crippen LogP contribution in [0.5, 0.6) is 0 Å². The van der Waals surface area contributed by atoms with Gasteiger partial charge in [-0.2, -0.15) is 0 Å². The van der Waals surface area contributed by atoms with Gasteiger partial charge in [-0.1, -0.05) is 12.1 Å². The van der Waals surface area contributed by atoms with Crippen molar-refractivity contribution in [3.8, 4) is 0 Å². The number of rotatable bonds is 6. The number of carbonyl (C=O) groups excluding carboxylic acids is 1. The molecule has 0 aliphatic heterocycles. The van der Waals surface area contributed by atoms with Crippen LogP contribution in [0.1, 0.15) is 22.8 Å². The fourth-order valence-corrected chi connectivity index (χ4v) is 1.37. The topological polar surface area (TPSA) is 50.4 Å². The van der Waals surface area contributed by atoms with E-state index in [4.69, 9.17) is 4.74 Å². The highest BCUT2D eigenvalue weighted by molar-refractivity contribution is 5.94. The fourth-order valence-electron chi connectivity index (χ4n) is 1.37. The molecule has 1 atom stereocenters. The van der Waals surface area contributed by atoms with E-state index in [-0.39, 0.29) is 11.9 Å². The van der Waals surface area contributed by atoms with Crippen LogP contribution in [-0.2, 0) is 11.3 Å². The zero-order valence-electron chi connectivity index (χ0n) is 10.6. The molecule has 0 saturated heterocycles. The molecule has 1 rings (SSSR count). The number of hydrogen-bond donors (Lipinski definition) is 2. The molecule has 0 spiro atoms. The minimum absolute atomic E-state index is 0.0453. The van der Waals surface area contributed by atoms with Gasteiger partial charge < -0.3 is 15.4 Å². The van der Waals surface area contributed by atoms with Crippen LogP contribution >= 0.6 is 0 Å². The van der Waals surface area contributed by atoms with Crippen LogP contribution in [0.3, 0.4) is 0 Å². The maximum Gasteiger partial charge on any atom is 0.251 e. The highest BCUT2D eigenvalue weighted by atomic mass is 16.5. The predicted molar refractivity (Wildman–Crippen MR) is 68.0 cm³/mol. The predicted octanol–water partition coefficient (Wildman–Crippen LogP) is 1.17. The Labute approximate surface area is 102 Å². The van der Waals surface area contributed by atoms with Crippen molar-refractivity contribution < 1.29 is 9.53 Å². The third-order valence-electron chi connectivity index (χ3n) is 2.59. The van der Waals surface area contributed by atoms with Crippen LogP contribution in [-0.4, -0.2) is 32.7 Å². The zero-order chi connectivity index (χ0) is 12.7. The summed E-state index contributed by atoms with van der Waals surface area (Å²) in [6.07, 6.45) is 0. The van der Waals surface area contributed by atoms with Gasteiger partial charge in [0.2, 0.25) is 0 Å². The van der Waals surface area contributed by atoms with E-state index in [1.165, 1.54) is 0 Å². The maximum absolute atomic E-state index is 11.8. The summed E-state index contributed by atoms with van der Waals surface area (Å²) in [6.45, 7) is 3.20. The summed E-state index contributed by atoms with van der Waals surface area (Å²) >= 11 is 0. The zero-order valence-corrected chi connectivity index (χ0v) is 10.6. The summed E-state index contributed by atoms with van der Waals surface area (Å²) in [5.41, 5.74) is 1.74. The minimum atomic E-state index is -0.0453. The van der Waals surface area contributed by atoms with E-state index in [1.807, 2.05) is 38.2 Å². The van der Waals surface area contributed by atoms with Gasteiger partial charge >= 0.3 is 0 Å². The lowest BCUT2D eigenvalue weighted by Crippen LogP contribution is -2.37. The molecule has 1 unspecified atom stereocenters. The Balaban J connectivity index is 2.51. The minimum Gasteiger partial charge on any atom is -0.380 e. The van der Waals surface area contributed by atoms with Crippen molar-refractivity contribution in [2.24, 2.45) is 0 Å². The molecule has 0 fully saturated rings. The van der Waals surface area contributed by atoms with E-state index in [9.17, 15) is 4.79 Å². The normalized spacial score (nSPS) is 12.2. The summed E-state index contributed by atoms with van der Waals surface area (Å²) in [6, 6.07) is 7.70. The number of carbonyl (C=O) groups is 1. The van der Waals surface area contributed by atoms with Gasteiger partial charge in [0.1, 0.15) is 0 Å². The van der Waals surface area contributed by atoms with Gasteiger partial charge in [-0.3, -0.25) is 4.79 Å². The smallest absolute Gasteiger partial charge is 0.251 e. The van der Waals surface area contributed by atoms with Gasteiger partial charge in [-0.05, 0) is 31.7 Å². The van der Waals surface area contributed by atoms with Crippen molar-refractivity contribution in [2.45, 2.75) is 19.6 Å². The number of likely N-dealkylation sites (N-methyl/N-ethyl adjacent to an activating group) is 1. The Bertz CT molecular complexity index is 349. The van der Waals surface area contributed by atoms with E-state index < -0.39 is 0 Å². The van der Waals surface area contributed by atoms with Crippen molar-refractivity contribution in [2.75, 3.05) is 20.7 Å². The van der Waals surface area contributed by atoms with Crippen molar-refractivity contribution >= 4 is 5.91 Å². The lowest BCUT2D eigenvalue weighted by Gasteiger charge is -2.11. The molecule has 4 nitrogen and oxygen atoms in total. The summed E-state index contributed by atoms with van der Waals surface area (Å²) in [4.78, 5) is 11.8. The molecule has 4 heteroatoms. The third-order valence-corrected chi connectivity index (χ3v) is 2.59. The fraction of sp³-hybridized carbons (Fsp3) is 0.462. The Morgan fingerprint density at radius 1 is 1.35 bits per heavy atom. The Morgan fingerprint density at radius 2 is 2.00 bits per heavy atom. The van der Waals surface area contributed by atoms with Crippen LogP contribution < -0.4 is 10.6 Å². The van der Waals surface area contributed by atoms with Gasteiger partial charge in [0.15, 0.2) is 0 Å². The molecule has 94 valence electrons. The first-order valence-electron chi connectivity index (χ1n) is 5.70. The van der Waals surface area contributed by atoms with E-state index in [0.717, 1.165) is 5.56 Å². The second-order valence-corrected chi connectivity index (χ2v) is 4.03. The number of methoxy groups -OCH3 is 1. The van der Waals surface area contributed by atoms with E-state index >= 15 is 0 Å². The lowest BCUT2D eigenvalue weighted by molar-refractivity contribution is 0.0950. The highest BCUT2D eigenvalue weighted by Gasteiger charge is 2.06. The molecular formula is C13H20N2O2. The van der Waals surface area contributed by atoms with Crippen LogP contribution in [0, 0.1) is 0 Å². The average molecular weight is 236 g/mol. The molecular weight excluding hydrogens is 216 g/mol. The molecule has 1 amide bonds. The Kier molecular flexibility index (Phi) is 5.66. The second kappa shape index (κ2) is 7.04. The maximum atomic E-state index is 11.8. The largest absolute Gasteiger partial charge is 0.380 e. The number of nitrogens with one attached hydrogen (secondary N) is 2. The first-order chi connectivity index (χ1) is 8.17. The van der Waals surface area contributed by atoms with Crippen molar-refractivity contribution in [3.05, 3.63) is 35.4 Å². The van der Waals surface area contributed by atoms with E-state index in [2.05, 4.69) is 10.6 Å². The lowest BCUT2D eigenvalue weighted by atomic mass is 10.1. The standard InChI is InChI=1S/C13H20N2O2/c1-10(14-2)8-15-13(16)12-6-4-11(5-7-12)9-17-3/h4-7,10,14H,8-9H2,1-3H3,(H,15,16). The summed E-state index contributed by atoms with van der Waals surface area (Å²) < 4.78 is 5.01. The van der Waals surface area contributed by atoms with Gasteiger partial charge in [0.05, 0.1) is 6.61 Å². The number of amides is 1. The summed E-state index contributed by atoms with van der Waals surface area (Å²) in [5, 5.41) is 5.93. The first-order valence-corrected chi connectivity index (χ1v) is 5.70. The van der Waals surface area contributed by atoms with Gasteiger partial charge in [0, 0.05) is 25.3 Å². The summed E-state index contributed by atoms with van der Waals surface area (Å²) in [5.74, 6) is -0.0453. The molecule has 0 saturated carbocycles. The monoisotopic (exact) mass is 236 g/mol. The van der Waals surface area contributed by atoms with Crippen molar-refractivity contribution in [1.29, 1.82) is 0 Å². The third kappa shape index (κ3) is 4.54. The van der Waals surface area contributed by atoms with Crippen molar-refractivity contribution in [1.82, 2.24) is 10.6 Å². The van der Waals surface area contributed by atoms with Crippen LogP contribution in [0.15, 0.2) is 24.3 Å². The van der Waals surface area contributed by atoms with Crippen LogP contribution in [0.2, 0.25) is 0 Å². The molecule has 1 aromatic rings. The van der Waals surface area contributed by atoms with Gasteiger partial charge in [0.25, 0.3) is 5.91 Å². The van der Waals surface area contributed by atoms with Gasteiger partial charge in [-0.25, -0.2) is 0 Å². The number of ether oxygens (including phenoxy) is 1. The molecule has 0 aliphatic rings. The number of hydrogen-bond acceptors (Lipinski definition) is 3. The molecule has 2 N–H and O–H groups in total. The molecule has 0 radical (unpaired) electrons. The molecule has 17 heavy (non-hydrogen) atoms. The molecule has 0 bridgehead atoms. The Morgan fingerprint density at radius 3 is 2.53 bits per heavy atom. The average Bonchev–Trinajstić information content (AvgIpc) is 2.36. The molecule has 0 aromatic heterocycles. The molecule has 1 aromatic carbocycles. The highest BCUT2D eigenvalue weighted by Crippen LogP contribution is 2.05. The molecule has 0 aliphatic carbocycles. The van der Waals surface area contributed by atoms with E-state index in [1.54, 1.807) is 7.11 Å². The van der Waals surface area contributed by atoms with Gasteiger partial charge in [-0.15, -0.1) is 0 Å². The molecule has 0 heterocycles. The second-order valence-electron chi connectivity index (χ2n) is 4.03. The van der Waals surface area contributed by atoms with E-state index in [0.29, 0.717) is 18.7 Å². The number of benzene rings is 1. The first kappa shape index (κ1) is 13.7. The van der Waals surface area contributed by atoms with Crippen molar-refractivity contribution in [3.63, 3.8) is 0 Å². The van der Waals surface area contributed by atoms with Crippen LogP contribution in [0.25, 0.3) is 0 Å². The Hall–Kier alpha value is -1.39.